The van der Waals surface area contributed by atoms with Gasteiger partial charge in [0.25, 0.3) is 0 Å². The van der Waals surface area contributed by atoms with Gasteiger partial charge in [0.05, 0.1) is 11.7 Å². The van der Waals surface area contributed by atoms with Crippen molar-refractivity contribution in [1.82, 2.24) is 19.9 Å². The second kappa shape index (κ2) is 7.08. The molecule has 0 fully saturated rings. The molecule has 0 saturated heterocycles. The molecule has 0 aliphatic rings. The van der Waals surface area contributed by atoms with E-state index in [0.29, 0.717) is 5.69 Å². The second-order valence-electron chi connectivity index (χ2n) is 4.68. The summed E-state index contributed by atoms with van der Waals surface area (Å²) in [5, 5.41) is 5.88. The molecule has 6 nitrogen and oxygen atoms in total. The molecule has 1 atom stereocenters. The number of nitrogens with one attached hydrogen (secondary N) is 2. The van der Waals surface area contributed by atoms with Gasteiger partial charge in [-0.2, -0.15) is 0 Å². The highest BCUT2D eigenvalue weighted by molar-refractivity contribution is 6.32. The maximum absolute atomic E-state index is 12.1. The number of carbonyl (C=O) groups is 1. The van der Waals surface area contributed by atoms with Gasteiger partial charge in [-0.05, 0) is 18.6 Å². The Morgan fingerprint density at radius 1 is 1.43 bits per heavy atom. The van der Waals surface area contributed by atoms with Crippen molar-refractivity contribution in [3.8, 4) is 0 Å². The lowest BCUT2D eigenvalue weighted by molar-refractivity contribution is 0.247. The van der Waals surface area contributed by atoms with Crippen LogP contribution < -0.4 is 10.6 Å². The Bertz CT molecular complexity index is 613. The highest BCUT2D eigenvalue weighted by atomic mass is 35.5. The third-order valence-corrected chi connectivity index (χ3v) is 3.36. The lowest BCUT2D eigenvalue weighted by Crippen LogP contribution is -2.34. The highest BCUT2D eigenvalue weighted by Gasteiger charge is 2.18. The fourth-order valence-corrected chi connectivity index (χ4v) is 2.23. The number of anilines is 1. The molecule has 0 aliphatic heterocycles. The van der Waals surface area contributed by atoms with Crippen molar-refractivity contribution in [2.45, 2.75) is 25.8 Å². The Balaban J connectivity index is 2.05. The van der Waals surface area contributed by atoms with Gasteiger partial charge in [0.2, 0.25) is 0 Å². The lowest BCUT2D eigenvalue weighted by Gasteiger charge is -2.18. The van der Waals surface area contributed by atoms with E-state index in [9.17, 15) is 4.79 Å². The van der Waals surface area contributed by atoms with Crippen LogP contribution in [0.1, 0.15) is 31.6 Å². The first-order chi connectivity index (χ1) is 10.1. The molecule has 0 radical (unpaired) electrons. The van der Waals surface area contributed by atoms with E-state index in [2.05, 4.69) is 27.5 Å². The van der Waals surface area contributed by atoms with Crippen LogP contribution >= 0.6 is 11.6 Å². The normalized spacial score (nSPS) is 12.0. The predicted octanol–water partition coefficient (Wildman–Crippen LogP) is 3.13. The van der Waals surface area contributed by atoms with E-state index in [1.165, 1.54) is 0 Å². The average Bonchev–Trinajstić information content (AvgIpc) is 2.87. The van der Waals surface area contributed by atoms with Crippen molar-refractivity contribution >= 4 is 23.3 Å². The zero-order valence-corrected chi connectivity index (χ0v) is 12.8. The monoisotopic (exact) mass is 307 g/mol. The van der Waals surface area contributed by atoms with E-state index < -0.39 is 0 Å². The van der Waals surface area contributed by atoms with Crippen molar-refractivity contribution in [1.29, 1.82) is 0 Å². The van der Waals surface area contributed by atoms with Gasteiger partial charge >= 0.3 is 6.03 Å². The summed E-state index contributed by atoms with van der Waals surface area (Å²) in [7, 11) is 1.91. The molecule has 21 heavy (non-hydrogen) atoms. The molecule has 0 spiro atoms. The minimum Gasteiger partial charge on any atom is -0.336 e. The Kier molecular flexibility index (Phi) is 5.16. The second-order valence-corrected chi connectivity index (χ2v) is 5.04. The first kappa shape index (κ1) is 15.3. The number of pyridine rings is 1. The van der Waals surface area contributed by atoms with E-state index in [1.54, 1.807) is 24.5 Å². The summed E-state index contributed by atoms with van der Waals surface area (Å²) in [4.78, 5) is 20.3. The van der Waals surface area contributed by atoms with Gasteiger partial charge in [-0.1, -0.05) is 24.9 Å². The third-order valence-electron chi connectivity index (χ3n) is 3.06. The summed E-state index contributed by atoms with van der Waals surface area (Å²) in [6.07, 6.45) is 6.88. The van der Waals surface area contributed by atoms with Crippen LogP contribution in [-0.2, 0) is 7.05 Å². The van der Waals surface area contributed by atoms with E-state index >= 15 is 0 Å². The lowest BCUT2D eigenvalue weighted by atomic mass is 10.1. The summed E-state index contributed by atoms with van der Waals surface area (Å²) in [5.74, 6) is 0.823. The molecule has 2 heterocycles. The zero-order chi connectivity index (χ0) is 15.2. The number of hydrogen-bond acceptors (Lipinski definition) is 3. The summed E-state index contributed by atoms with van der Waals surface area (Å²) >= 11 is 5.92. The van der Waals surface area contributed by atoms with Gasteiger partial charge in [0, 0.05) is 25.6 Å². The number of hydrogen-bond donors (Lipinski definition) is 2. The maximum atomic E-state index is 12.1. The molecular formula is C14H18ClN5O. The maximum Gasteiger partial charge on any atom is 0.319 e. The van der Waals surface area contributed by atoms with E-state index in [0.717, 1.165) is 18.7 Å². The SMILES string of the molecule is CCCC(NC(=O)Nc1cccnc1Cl)c1nccn1C. The molecule has 0 bridgehead atoms. The average molecular weight is 308 g/mol. The van der Waals surface area contributed by atoms with Gasteiger partial charge in [0.1, 0.15) is 5.82 Å². The number of aryl methyl sites for hydroxylation is 1. The summed E-state index contributed by atoms with van der Waals surface area (Å²) in [5.41, 5.74) is 0.478. The van der Waals surface area contributed by atoms with Gasteiger partial charge < -0.3 is 15.2 Å². The van der Waals surface area contributed by atoms with Gasteiger partial charge in [0.15, 0.2) is 5.15 Å². The number of imidazole rings is 1. The van der Waals surface area contributed by atoms with Gasteiger partial charge in [-0.25, -0.2) is 14.8 Å². The molecule has 1 unspecified atom stereocenters. The molecule has 2 aromatic rings. The Hall–Kier alpha value is -2.08. The first-order valence-electron chi connectivity index (χ1n) is 6.77. The molecule has 2 amide bonds. The number of carbonyl (C=O) groups excluding carboxylic acids is 1. The minimum atomic E-state index is -0.327. The Labute approximate surface area is 128 Å². The van der Waals surface area contributed by atoms with Crippen LogP contribution in [0.5, 0.6) is 0 Å². The minimum absolute atomic E-state index is 0.148. The predicted molar refractivity (Wildman–Crippen MR) is 82.3 cm³/mol. The van der Waals surface area contributed by atoms with Crippen LogP contribution in [0.4, 0.5) is 10.5 Å². The number of rotatable bonds is 5. The smallest absolute Gasteiger partial charge is 0.319 e. The molecule has 0 aliphatic carbocycles. The molecule has 2 rings (SSSR count). The van der Waals surface area contributed by atoms with E-state index in [-0.39, 0.29) is 17.2 Å². The number of nitrogens with zero attached hydrogens (tertiary/aromatic N) is 3. The molecule has 7 heteroatoms. The number of amides is 2. The largest absolute Gasteiger partial charge is 0.336 e. The first-order valence-corrected chi connectivity index (χ1v) is 7.15. The van der Waals surface area contributed by atoms with E-state index in [1.807, 2.05) is 17.8 Å². The fourth-order valence-electron chi connectivity index (χ4n) is 2.06. The summed E-state index contributed by atoms with van der Waals surface area (Å²) in [6, 6.07) is 2.94. The topological polar surface area (TPSA) is 71.8 Å². The van der Waals surface area contributed by atoms with Crippen molar-refractivity contribution in [3.05, 3.63) is 41.7 Å². The molecule has 2 N–H and O–H groups in total. The fraction of sp³-hybridized carbons (Fsp3) is 0.357. The van der Waals surface area contributed by atoms with Crippen LogP contribution in [0.2, 0.25) is 5.15 Å². The van der Waals surface area contributed by atoms with Crippen molar-refractivity contribution < 1.29 is 4.79 Å². The van der Waals surface area contributed by atoms with Crippen molar-refractivity contribution in [2.75, 3.05) is 5.32 Å². The molecule has 0 saturated carbocycles. The van der Waals surface area contributed by atoms with E-state index in [4.69, 9.17) is 11.6 Å². The van der Waals surface area contributed by atoms with Crippen LogP contribution in [-0.4, -0.2) is 20.6 Å². The third kappa shape index (κ3) is 3.95. The van der Waals surface area contributed by atoms with Crippen LogP contribution in [0.15, 0.2) is 30.7 Å². The number of aromatic nitrogens is 3. The quantitative estimate of drug-likeness (QED) is 0.834. The number of urea groups is 1. The highest BCUT2D eigenvalue weighted by Crippen LogP contribution is 2.19. The number of halogens is 1. The molecular weight excluding hydrogens is 290 g/mol. The van der Waals surface area contributed by atoms with Crippen LogP contribution in [0.3, 0.4) is 0 Å². The molecule has 2 aromatic heterocycles. The van der Waals surface area contributed by atoms with Crippen molar-refractivity contribution in [3.63, 3.8) is 0 Å². The standard InChI is InChI=1S/C14H18ClN5O/c1-3-5-11(13-17-8-9-20(13)2)19-14(21)18-10-6-4-7-16-12(10)15/h4,6-9,11H,3,5H2,1-2H3,(H2,18,19,21). The Morgan fingerprint density at radius 2 is 2.24 bits per heavy atom. The molecule has 0 aromatic carbocycles. The zero-order valence-electron chi connectivity index (χ0n) is 12.0. The van der Waals surface area contributed by atoms with Crippen molar-refractivity contribution in [2.24, 2.45) is 7.05 Å². The summed E-state index contributed by atoms with van der Waals surface area (Å²) < 4.78 is 1.90. The van der Waals surface area contributed by atoms with Gasteiger partial charge in [-0.15, -0.1) is 0 Å². The van der Waals surface area contributed by atoms with Gasteiger partial charge in [-0.3, -0.25) is 0 Å². The summed E-state index contributed by atoms with van der Waals surface area (Å²) in [6.45, 7) is 2.06. The van der Waals surface area contributed by atoms with Crippen LogP contribution in [0.25, 0.3) is 0 Å². The Morgan fingerprint density at radius 3 is 2.86 bits per heavy atom. The molecule has 112 valence electrons. The van der Waals surface area contributed by atoms with Crippen LogP contribution in [0, 0.1) is 0 Å².